The minimum atomic E-state index is -0.577. The summed E-state index contributed by atoms with van der Waals surface area (Å²) in [6.07, 6.45) is 12.0. The molecule has 228 valence electrons. The van der Waals surface area contributed by atoms with E-state index < -0.39 is 5.91 Å². The first-order chi connectivity index (χ1) is 20.8. The first kappa shape index (κ1) is 32.4. The van der Waals surface area contributed by atoms with Gasteiger partial charge in [-0.2, -0.15) is 0 Å². The Bertz CT molecular complexity index is 1440. The highest BCUT2D eigenvalue weighted by atomic mass is 16.5. The van der Waals surface area contributed by atoms with Crippen LogP contribution in [0.5, 0.6) is 11.5 Å². The van der Waals surface area contributed by atoms with Crippen LogP contribution in [0.1, 0.15) is 19.5 Å². The van der Waals surface area contributed by atoms with Crippen LogP contribution in [-0.4, -0.2) is 75.0 Å². The lowest BCUT2D eigenvalue weighted by atomic mass is 10.1. The van der Waals surface area contributed by atoms with Crippen LogP contribution < -0.4 is 21.1 Å². The monoisotopic (exact) mass is 589 g/mol. The number of hydrogen-bond acceptors (Lipinski definition) is 11. The van der Waals surface area contributed by atoms with E-state index in [0.29, 0.717) is 35.3 Å². The maximum atomic E-state index is 12.9. The fourth-order valence-corrected chi connectivity index (χ4v) is 3.85. The van der Waals surface area contributed by atoms with Gasteiger partial charge in [-0.05, 0) is 57.8 Å². The molecule has 0 radical (unpaired) electrons. The Hall–Kier alpha value is -5.10. The molecule has 3 heterocycles. The Kier molecular flexibility index (Phi) is 12.3. The van der Waals surface area contributed by atoms with E-state index in [1.165, 1.54) is 12.4 Å². The average molecular weight is 590 g/mol. The van der Waals surface area contributed by atoms with Crippen LogP contribution in [0, 0.1) is 0 Å². The summed E-state index contributed by atoms with van der Waals surface area (Å²) in [5.41, 5.74) is 8.43. The van der Waals surface area contributed by atoms with Gasteiger partial charge in [-0.3, -0.25) is 14.8 Å². The Morgan fingerprint density at radius 3 is 2.60 bits per heavy atom. The number of dihydropyridines is 1. The summed E-state index contributed by atoms with van der Waals surface area (Å²) in [5, 5.41) is 5.82. The van der Waals surface area contributed by atoms with E-state index in [0.717, 1.165) is 24.4 Å². The standard InChI is InChI=1S/C31H39N7O5/c1-7-26(40-5)27(41-6)16-22-15-23(12-14-34-22)43-24-9-10-29(36-17-24)37-31(39)30(32)28(42-8-2)19-35-25-18-33-13-11-21(25)20-38(3)4/h7,9-12,14-19,33H,8,13,20,32H2,1-6H3,(H,36,37,39)/b26-7+,27-16+,30-28?,35-19?. The number of rotatable bonds is 14. The molecular formula is C31H39N7O5. The van der Waals surface area contributed by atoms with Crippen molar-refractivity contribution in [2.24, 2.45) is 10.7 Å². The van der Waals surface area contributed by atoms with Crippen molar-refractivity contribution in [2.75, 3.05) is 53.3 Å². The van der Waals surface area contributed by atoms with Crippen LogP contribution in [0.4, 0.5) is 5.82 Å². The first-order valence-corrected chi connectivity index (χ1v) is 13.6. The number of ether oxygens (including phenoxy) is 4. The summed E-state index contributed by atoms with van der Waals surface area (Å²) in [4.78, 5) is 28.1. The first-order valence-electron chi connectivity index (χ1n) is 13.6. The summed E-state index contributed by atoms with van der Waals surface area (Å²) in [5.74, 6) is 1.96. The average Bonchev–Trinajstić information content (AvgIpc) is 3.00. The number of hydrogen-bond donors (Lipinski definition) is 3. The van der Waals surface area contributed by atoms with E-state index >= 15 is 0 Å². The molecule has 1 aliphatic rings. The molecule has 0 bridgehead atoms. The minimum Gasteiger partial charge on any atom is -0.493 e. The Morgan fingerprint density at radius 1 is 1.16 bits per heavy atom. The second-order valence-corrected chi connectivity index (χ2v) is 9.30. The molecule has 0 saturated carbocycles. The van der Waals surface area contributed by atoms with Gasteiger partial charge in [0.2, 0.25) is 0 Å². The molecule has 2 aromatic rings. The molecule has 0 fully saturated rings. The topological polar surface area (TPSA) is 145 Å². The summed E-state index contributed by atoms with van der Waals surface area (Å²) in [6.45, 7) is 5.40. The summed E-state index contributed by atoms with van der Waals surface area (Å²) in [6, 6.07) is 6.74. The number of pyridine rings is 2. The predicted molar refractivity (Wildman–Crippen MR) is 167 cm³/mol. The number of amides is 1. The normalized spacial score (nSPS) is 14.4. The lowest BCUT2D eigenvalue weighted by Gasteiger charge is -2.18. The quantitative estimate of drug-likeness (QED) is 0.128. The molecule has 1 amide bonds. The molecule has 43 heavy (non-hydrogen) atoms. The largest absolute Gasteiger partial charge is 0.493 e. The number of aliphatic imine (C=N–C) groups is 1. The molecule has 0 spiro atoms. The van der Waals surface area contributed by atoms with Gasteiger partial charge in [-0.1, -0.05) is 6.08 Å². The van der Waals surface area contributed by atoms with Crippen LogP contribution in [0.2, 0.25) is 0 Å². The van der Waals surface area contributed by atoms with E-state index in [4.69, 9.17) is 24.7 Å². The van der Waals surface area contributed by atoms with Gasteiger partial charge in [-0.15, -0.1) is 0 Å². The van der Waals surface area contributed by atoms with Gasteiger partial charge in [0.25, 0.3) is 5.91 Å². The van der Waals surface area contributed by atoms with Gasteiger partial charge < -0.3 is 40.2 Å². The lowest BCUT2D eigenvalue weighted by molar-refractivity contribution is -0.113. The van der Waals surface area contributed by atoms with E-state index in [-0.39, 0.29) is 17.3 Å². The minimum absolute atomic E-state index is 0.127. The van der Waals surface area contributed by atoms with E-state index in [1.807, 2.05) is 27.2 Å². The lowest BCUT2D eigenvalue weighted by Crippen LogP contribution is -2.24. The third-order valence-electron chi connectivity index (χ3n) is 5.84. The number of nitrogens with zero attached hydrogens (tertiary/aromatic N) is 4. The summed E-state index contributed by atoms with van der Waals surface area (Å²) >= 11 is 0. The maximum absolute atomic E-state index is 12.9. The van der Waals surface area contributed by atoms with Crippen molar-refractivity contribution in [2.45, 2.75) is 13.8 Å². The van der Waals surface area contributed by atoms with E-state index in [9.17, 15) is 4.79 Å². The third-order valence-corrected chi connectivity index (χ3v) is 5.84. The third kappa shape index (κ3) is 9.75. The van der Waals surface area contributed by atoms with Crippen LogP contribution in [0.15, 0.2) is 94.2 Å². The highest BCUT2D eigenvalue weighted by Crippen LogP contribution is 2.24. The number of allylic oxidation sites excluding steroid dienone is 2. The zero-order valence-corrected chi connectivity index (χ0v) is 25.4. The second-order valence-electron chi connectivity index (χ2n) is 9.30. The van der Waals surface area contributed by atoms with Crippen LogP contribution >= 0.6 is 0 Å². The van der Waals surface area contributed by atoms with Gasteiger partial charge in [0.15, 0.2) is 17.3 Å². The van der Waals surface area contributed by atoms with Gasteiger partial charge in [0.1, 0.15) is 23.0 Å². The fraction of sp³-hybridized carbons (Fsp3) is 0.290. The number of nitrogens with one attached hydrogen (secondary N) is 2. The molecule has 12 heteroatoms. The van der Waals surface area contributed by atoms with Crippen molar-refractivity contribution in [3.8, 4) is 11.5 Å². The van der Waals surface area contributed by atoms with Gasteiger partial charge >= 0.3 is 0 Å². The van der Waals surface area contributed by atoms with Gasteiger partial charge in [0.05, 0.1) is 44.6 Å². The molecule has 0 aliphatic carbocycles. The summed E-state index contributed by atoms with van der Waals surface area (Å²) in [7, 11) is 7.10. The number of methoxy groups -OCH3 is 2. The van der Waals surface area contributed by atoms with Crippen molar-refractivity contribution in [1.82, 2.24) is 20.2 Å². The molecule has 0 unspecified atom stereocenters. The van der Waals surface area contributed by atoms with Crippen LogP contribution in [0.25, 0.3) is 6.08 Å². The van der Waals surface area contributed by atoms with Gasteiger partial charge in [0, 0.05) is 37.6 Å². The van der Waals surface area contributed by atoms with Crippen molar-refractivity contribution in [3.05, 3.63) is 94.9 Å². The maximum Gasteiger partial charge on any atom is 0.276 e. The number of carbonyl (C=O) groups is 1. The number of aromatic nitrogens is 2. The zero-order chi connectivity index (χ0) is 31.2. The van der Waals surface area contributed by atoms with E-state index in [1.54, 1.807) is 63.8 Å². The fourth-order valence-electron chi connectivity index (χ4n) is 3.85. The molecule has 3 rings (SSSR count). The highest BCUT2D eigenvalue weighted by molar-refractivity contribution is 6.05. The van der Waals surface area contributed by atoms with E-state index in [2.05, 4.69) is 36.6 Å². The highest BCUT2D eigenvalue weighted by Gasteiger charge is 2.15. The van der Waals surface area contributed by atoms with Crippen molar-refractivity contribution in [3.63, 3.8) is 0 Å². The van der Waals surface area contributed by atoms with Crippen molar-refractivity contribution < 1.29 is 23.7 Å². The zero-order valence-electron chi connectivity index (χ0n) is 25.4. The molecule has 12 nitrogen and oxygen atoms in total. The predicted octanol–water partition coefficient (Wildman–Crippen LogP) is 3.96. The van der Waals surface area contributed by atoms with Crippen LogP contribution in [-0.2, 0) is 19.0 Å². The molecule has 0 saturated heterocycles. The molecule has 2 aromatic heterocycles. The van der Waals surface area contributed by atoms with Crippen LogP contribution in [0.3, 0.4) is 0 Å². The molecule has 1 aliphatic heterocycles. The molecular weight excluding hydrogens is 550 g/mol. The molecule has 0 aromatic carbocycles. The molecule has 0 atom stereocenters. The van der Waals surface area contributed by atoms with Crippen molar-refractivity contribution >= 4 is 24.0 Å². The number of likely N-dealkylation sites (N-methyl/N-ethyl adjacent to an activating group) is 1. The SMILES string of the molecule is C/C=C(OC)\C(=C/c1cc(Oc2ccc(NC(=O)C(N)=C(C=NC3=CNCC=C3CN(C)C)OCC)nc2)ccn1)OC. The smallest absolute Gasteiger partial charge is 0.276 e. The van der Waals surface area contributed by atoms with Crippen molar-refractivity contribution in [1.29, 1.82) is 0 Å². The van der Waals surface area contributed by atoms with Gasteiger partial charge in [-0.25, -0.2) is 4.98 Å². The summed E-state index contributed by atoms with van der Waals surface area (Å²) < 4.78 is 22.3. The second kappa shape index (κ2) is 16.4. The number of nitrogens with two attached hydrogens (primary N) is 1. The number of carbonyl (C=O) groups excluding carboxylic acids is 1. The Labute approximate surface area is 252 Å². The Morgan fingerprint density at radius 2 is 1.95 bits per heavy atom. The number of anilines is 1. The molecule has 4 N–H and O–H groups in total. The Balaban J connectivity index is 1.70.